The maximum absolute atomic E-state index is 13.0. The molecule has 26 heavy (non-hydrogen) atoms. The minimum atomic E-state index is -1.11. The van der Waals surface area contributed by atoms with Crippen LogP contribution in [0.2, 0.25) is 0 Å². The molecule has 7 heteroatoms. The number of anilines is 1. The van der Waals surface area contributed by atoms with Gasteiger partial charge in [-0.05, 0) is 30.2 Å². The quantitative estimate of drug-likeness (QED) is 0.515. The van der Waals surface area contributed by atoms with Crippen LogP contribution >= 0.6 is 11.3 Å². The summed E-state index contributed by atoms with van der Waals surface area (Å²) in [5.74, 6) is -1.47. The van der Waals surface area contributed by atoms with Gasteiger partial charge in [0.05, 0.1) is 5.69 Å². The number of hydrogen-bond donors (Lipinski definition) is 3. The fourth-order valence-corrected chi connectivity index (χ4v) is 3.45. The van der Waals surface area contributed by atoms with Gasteiger partial charge in [0, 0.05) is 11.4 Å². The molecule has 2 rings (SSSR count). The molecule has 0 fully saturated rings. The van der Waals surface area contributed by atoms with E-state index in [1.54, 1.807) is 18.2 Å². The summed E-state index contributed by atoms with van der Waals surface area (Å²) in [6.45, 7) is 2.69. The summed E-state index contributed by atoms with van der Waals surface area (Å²) in [5.41, 5.74) is 0.939. The summed E-state index contributed by atoms with van der Waals surface area (Å²) in [6, 6.07) is 6.95. The first-order chi connectivity index (χ1) is 12.5. The predicted molar refractivity (Wildman–Crippen MR) is 102 cm³/mol. The fourth-order valence-electron chi connectivity index (χ4n) is 2.50. The molecule has 5 nitrogen and oxygen atoms in total. The lowest BCUT2D eigenvalue weighted by molar-refractivity contribution is 0.0703. The topological polar surface area (TPSA) is 78.4 Å². The molecule has 1 aromatic carbocycles. The SMILES string of the molecule is CCCCCCCNC(=O)Nc1cc(-c2ccc(F)cc2)sc1C(=O)O. The van der Waals surface area contributed by atoms with Gasteiger partial charge in [-0.1, -0.05) is 44.7 Å². The summed E-state index contributed by atoms with van der Waals surface area (Å²) in [6.07, 6.45) is 5.45. The predicted octanol–water partition coefficient (Wildman–Crippen LogP) is 5.34. The van der Waals surface area contributed by atoms with Gasteiger partial charge in [-0.25, -0.2) is 14.0 Å². The molecule has 0 spiro atoms. The van der Waals surface area contributed by atoms with E-state index in [0.29, 0.717) is 17.0 Å². The summed E-state index contributed by atoms with van der Waals surface area (Å²) in [4.78, 5) is 24.1. The Balaban J connectivity index is 1.98. The first-order valence-corrected chi connectivity index (χ1v) is 9.50. The van der Waals surface area contributed by atoms with Crippen LogP contribution in [0.3, 0.4) is 0 Å². The summed E-state index contributed by atoms with van der Waals surface area (Å²) < 4.78 is 13.0. The largest absolute Gasteiger partial charge is 0.477 e. The van der Waals surface area contributed by atoms with Crippen LogP contribution in [0.5, 0.6) is 0 Å². The van der Waals surface area contributed by atoms with Gasteiger partial charge < -0.3 is 15.7 Å². The van der Waals surface area contributed by atoms with E-state index in [0.717, 1.165) is 30.6 Å². The number of carboxylic acids is 1. The minimum absolute atomic E-state index is 0.0439. The fraction of sp³-hybridized carbons (Fsp3) is 0.368. The molecule has 0 unspecified atom stereocenters. The first kappa shape index (κ1) is 19.9. The van der Waals surface area contributed by atoms with E-state index >= 15 is 0 Å². The molecule has 140 valence electrons. The van der Waals surface area contributed by atoms with E-state index in [2.05, 4.69) is 17.6 Å². The van der Waals surface area contributed by atoms with Crippen LogP contribution in [0.4, 0.5) is 14.9 Å². The molecule has 3 N–H and O–H groups in total. The Morgan fingerprint density at radius 3 is 2.46 bits per heavy atom. The zero-order valence-corrected chi connectivity index (χ0v) is 15.5. The van der Waals surface area contributed by atoms with Crippen molar-refractivity contribution in [2.45, 2.75) is 39.0 Å². The molecule has 2 aromatic rings. The van der Waals surface area contributed by atoms with Gasteiger partial charge >= 0.3 is 12.0 Å². The lowest BCUT2D eigenvalue weighted by Crippen LogP contribution is -2.29. The molecule has 0 aliphatic carbocycles. The van der Waals surface area contributed by atoms with E-state index in [9.17, 15) is 19.1 Å². The zero-order chi connectivity index (χ0) is 18.9. The smallest absolute Gasteiger partial charge is 0.348 e. The molecule has 0 aliphatic heterocycles. The first-order valence-electron chi connectivity index (χ1n) is 8.69. The van der Waals surface area contributed by atoms with Gasteiger partial charge in [-0.15, -0.1) is 11.3 Å². The highest BCUT2D eigenvalue weighted by atomic mass is 32.1. The van der Waals surface area contributed by atoms with Crippen LogP contribution in [0.25, 0.3) is 10.4 Å². The molecular weight excluding hydrogens is 355 g/mol. The van der Waals surface area contributed by atoms with Crippen molar-refractivity contribution in [2.75, 3.05) is 11.9 Å². The number of halogens is 1. The molecule has 0 saturated carbocycles. The molecule has 0 bridgehead atoms. The number of unbranched alkanes of at least 4 members (excludes halogenated alkanes) is 4. The van der Waals surface area contributed by atoms with Crippen molar-refractivity contribution in [3.8, 4) is 10.4 Å². The monoisotopic (exact) mass is 378 g/mol. The van der Waals surface area contributed by atoms with Crippen molar-refractivity contribution in [1.82, 2.24) is 5.32 Å². The Bertz CT molecular complexity index is 744. The second kappa shape index (κ2) is 9.91. The van der Waals surface area contributed by atoms with Gasteiger partial charge in [0.25, 0.3) is 0 Å². The normalized spacial score (nSPS) is 10.5. The van der Waals surface area contributed by atoms with Gasteiger partial charge in [0.15, 0.2) is 0 Å². The van der Waals surface area contributed by atoms with Crippen LogP contribution in [0, 0.1) is 5.82 Å². The number of carbonyl (C=O) groups is 2. The number of aromatic carboxylic acids is 1. The Morgan fingerprint density at radius 1 is 1.12 bits per heavy atom. The summed E-state index contributed by atoms with van der Waals surface area (Å²) in [7, 11) is 0. The average molecular weight is 378 g/mol. The molecule has 2 amide bonds. The van der Waals surface area contributed by atoms with E-state index < -0.39 is 12.0 Å². The third-order valence-electron chi connectivity index (χ3n) is 3.87. The van der Waals surface area contributed by atoms with E-state index in [1.165, 1.54) is 25.0 Å². The molecule has 1 heterocycles. The summed E-state index contributed by atoms with van der Waals surface area (Å²) >= 11 is 1.04. The van der Waals surface area contributed by atoms with Crippen molar-refractivity contribution >= 4 is 29.0 Å². The Labute approximate surface area is 156 Å². The molecular formula is C19H23FN2O3S. The Kier molecular flexibility index (Phi) is 7.59. The van der Waals surface area contributed by atoms with Crippen LogP contribution in [-0.4, -0.2) is 23.7 Å². The molecule has 0 aliphatic rings. The van der Waals surface area contributed by atoms with Crippen molar-refractivity contribution in [3.63, 3.8) is 0 Å². The van der Waals surface area contributed by atoms with Crippen LogP contribution < -0.4 is 10.6 Å². The average Bonchev–Trinajstić information content (AvgIpc) is 3.02. The van der Waals surface area contributed by atoms with Crippen LogP contribution in [0.1, 0.15) is 48.7 Å². The minimum Gasteiger partial charge on any atom is -0.477 e. The number of carbonyl (C=O) groups excluding carboxylic acids is 1. The third kappa shape index (κ3) is 5.84. The van der Waals surface area contributed by atoms with E-state index in [-0.39, 0.29) is 16.4 Å². The number of rotatable bonds is 9. The van der Waals surface area contributed by atoms with Gasteiger partial charge in [0.1, 0.15) is 10.7 Å². The number of nitrogens with one attached hydrogen (secondary N) is 2. The van der Waals surface area contributed by atoms with Gasteiger partial charge in [0.2, 0.25) is 0 Å². The van der Waals surface area contributed by atoms with Crippen molar-refractivity contribution < 1.29 is 19.1 Å². The van der Waals surface area contributed by atoms with E-state index in [4.69, 9.17) is 0 Å². The van der Waals surface area contributed by atoms with Gasteiger partial charge in [-0.3, -0.25) is 0 Å². The second-order valence-electron chi connectivity index (χ2n) is 5.96. The second-order valence-corrected chi connectivity index (χ2v) is 7.01. The Morgan fingerprint density at radius 2 is 1.81 bits per heavy atom. The molecule has 1 aromatic heterocycles. The Hall–Kier alpha value is -2.41. The number of thiophene rings is 1. The lowest BCUT2D eigenvalue weighted by atomic mass is 10.1. The number of benzene rings is 1. The summed E-state index contributed by atoms with van der Waals surface area (Å²) in [5, 5.41) is 14.7. The third-order valence-corrected chi connectivity index (χ3v) is 5.04. The van der Waals surface area contributed by atoms with Crippen LogP contribution in [0.15, 0.2) is 30.3 Å². The highest BCUT2D eigenvalue weighted by Gasteiger charge is 2.18. The number of hydrogen-bond acceptors (Lipinski definition) is 3. The van der Waals surface area contributed by atoms with Crippen molar-refractivity contribution in [3.05, 3.63) is 41.0 Å². The van der Waals surface area contributed by atoms with Crippen molar-refractivity contribution in [2.24, 2.45) is 0 Å². The molecule has 0 radical (unpaired) electrons. The number of amides is 2. The molecule has 0 atom stereocenters. The number of urea groups is 1. The standard InChI is InChI=1S/C19H23FN2O3S/c1-2-3-4-5-6-11-21-19(25)22-15-12-16(26-17(15)18(23)24)13-7-9-14(20)10-8-13/h7-10,12H,2-6,11H2,1H3,(H,23,24)(H2,21,22,25). The van der Waals surface area contributed by atoms with E-state index in [1.807, 2.05) is 0 Å². The van der Waals surface area contributed by atoms with Crippen LogP contribution in [-0.2, 0) is 0 Å². The maximum atomic E-state index is 13.0. The highest BCUT2D eigenvalue weighted by Crippen LogP contribution is 2.35. The maximum Gasteiger partial charge on any atom is 0.348 e. The lowest BCUT2D eigenvalue weighted by Gasteiger charge is -2.07. The molecule has 0 saturated heterocycles. The number of carboxylic acid groups (broad SMARTS) is 1. The van der Waals surface area contributed by atoms with Crippen molar-refractivity contribution in [1.29, 1.82) is 0 Å². The highest BCUT2D eigenvalue weighted by molar-refractivity contribution is 7.18. The van der Waals surface area contributed by atoms with Gasteiger partial charge in [-0.2, -0.15) is 0 Å². The zero-order valence-electron chi connectivity index (χ0n) is 14.7.